The highest BCUT2D eigenvalue weighted by Crippen LogP contribution is 2.14. The predicted octanol–water partition coefficient (Wildman–Crippen LogP) is 0.558. The van der Waals surface area contributed by atoms with E-state index in [0.717, 1.165) is 12.2 Å². The van der Waals surface area contributed by atoms with Crippen molar-refractivity contribution in [1.29, 1.82) is 0 Å². The van der Waals surface area contributed by atoms with Gasteiger partial charge in [-0.05, 0) is 37.2 Å². The van der Waals surface area contributed by atoms with Crippen LogP contribution >= 0.6 is 0 Å². The Labute approximate surface area is 124 Å². The number of rotatable bonds is 7. The number of benzene rings is 1. The Morgan fingerprint density at radius 3 is 2.81 bits per heavy atom. The Balaban J connectivity index is 1.87. The van der Waals surface area contributed by atoms with Gasteiger partial charge in [-0.25, -0.2) is 0 Å². The fourth-order valence-electron chi connectivity index (χ4n) is 2.13. The Bertz CT molecular complexity index is 449. The van der Waals surface area contributed by atoms with Crippen molar-refractivity contribution in [3.8, 4) is 5.75 Å². The van der Waals surface area contributed by atoms with Crippen molar-refractivity contribution in [2.45, 2.75) is 18.6 Å². The molecule has 2 rings (SSSR count). The molecular formula is C15H22N2O4. The van der Waals surface area contributed by atoms with Crippen molar-refractivity contribution in [3.05, 3.63) is 29.8 Å². The lowest BCUT2D eigenvalue weighted by Gasteiger charge is -2.17. The molecule has 1 fully saturated rings. The Hall–Kier alpha value is -1.63. The van der Waals surface area contributed by atoms with Crippen LogP contribution in [0.2, 0.25) is 0 Å². The molecule has 3 N–H and O–H groups in total. The van der Waals surface area contributed by atoms with Gasteiger partial charge in [0.1, 0.15) is 11.9 Å². The molecule has 1 aliphatic heterocycles. The van der Waals surface area contributed by atoms with Crippen LogP contribution in [0, 0.1) is 0 Å². The summed E-state index contributed by atoms with van der Waals surface area (Å²) in [4.78, 5) is 12.2. The van der Waals surface area contributed by atoms with Gasteiger partial charge in [0.2, 0.25) is 0 Å². The maximum atomic E-state index is 12.2. The molecular weight excluding hydrogens is 272 g/mol. The summed E-state index contributed by atoms with van der Waals surface area (Å²) in [6.07, 6.45) is 0.718. The molecule has 21 heavy (non-hydrogen) atoms. The molecule has 1 amide bonds. The summed E-state index contributed by atoms with van der Waals surface area (Å²) in [5, 5.41) is 2.92. The van der Waals surface area contributed by atoms with Gasteiger partial charge in [-0.15, -0.1) is 0 Å². The molecule has 0 bridgehead atoms. The Morgan fingerprint density at radius 2 is 2.14 bits per heavy atom. The zero-order valence-corrected chi connectivity index (χ0v) is 12.2. The number of nitrogens with one attached hydrogen (secondary N) is 1. The van der Waals surface area contributed by atoms with Gasteiger partial charge in [-0.1, -0.05) is 0 Å². The fourth-order valence-corrected chi connectivity index (χ4v) is 2.13. The lowest BCUT2D eigenvalue weighted by Crippen LogP contribution is -2.43. The molecule has 0 spiro atoms. The largest absolute Gasteiger partial charge is 0.494 e. The van der Waals surface area contributed by atoms with Gasteiger partial charge in [-0.3, -0.25) is 4.79 Å². The second-order valence-electron chi connectivity index (χ2n) is 4.91. The molecule has 6 nitrogen and oxygen atoms in total. The van der Waals surface area contributed by atoms with Gasteiger partial charge >= 0.3 is 0 Å². The summed E-state index contributed by atoms with van der Waals surface area (Å²) in [7, 11) is 1.62. The van der Waals surface area contributed by atoms with E-state index >= 15 is 0 Å². The van der Waals surface area contributed by atoms with Gasteiger partial charge in [0, 0.05) is 12.7 Å². The van der Waals surface area contributed by atoms with Crippen LogP contribution < -0.4 is 15.8 Å². The van der Waals surface area contributed by atoms with Crippen molar-refractivity contribution in [1.82, 2.24) is 5.32 Å². The highest BCUT2D eigenvalue weighted by Gasteiger charge is 2.29. The van der Waals surface area contributed by atoms with Crippen LogP contribution in [0.15, 0.2) is 24.3 Å². The van der Waals surface area contributed by atoms with Crippen molar-refractivity contribution in [3.63, 3.8) is 0 Å². The molecule has 2 atom stereocenters. The Morgan fingerprint density at radius 1 is 1.38 bits per heavy atom. The molecule has 1 heterocycles. The summed E-state index contributed by atoms with van der Waals surface area (Å²) in [5.41, 5.74) is 5.99. The van der Waals surface area contributed by atoms with E-state index in [4.69, 9.17) is 19.9 Å². The number of hydrogen-bond acceptors (Lipinski definition) is 5. The smallest absolute Gasteiger partial charge is 0.251 e. The Kier molecular flexibility index (Phi) is 5.98. The van der Waals surface area contributed by atoms with Crippen molar-refractivity contribution >= 4 is 5.91 Å². The van der Waals surface area contributed by atoms with Crippen LogP contribution in [0.4, 0.5) is 0 Å². The van der Waals surface area contributed by atoms with Gasteiger partial charge in [0.25, 0.3) is 5.91 Å². The minimum atomic E-state index is -0.138. The van der Waals surface area contributed by atoms with Crippen LogP contribution in [0.3, 0.4) is 0 Å². The maximum Gasteiger partial charge on any atom is 0.251 e. The lowest BCUT2D eigenvalue weighted by atomic mass is 10.1. The number of methoxy groups -OCH3 is 1. The summed E-state index contributed by atoms with van der Waals surface area (Å²) in [5.74, 6) is 0.597. The SMILES string of the molecule is CO[C@@H]1COC[C@H]1NC(=O)c1ccc(OCCCN)cc1. The van der Waals surface area contributed by atoms with E-state index in [-0.39, 0.29) is 18.1 Å². The normalized spacial score (nSPS) is 21.2. The van der Waals surface area contributed by atoms with Crippen LogP contribution in [-0.2, 0) is 9.47 Å². The first kappa shape index (κ1) is 15.8. The van der Waals surface area contributed by atoms with E-state index < -0.39 is 0 Å². The summed E-state index contributed by atoms with van der Waals surface area (Å²) < 4.78 is 16.1. The first-order valence-corrected chi connectivity index (χ1v) is 7.09. The lowest BCUT2D eigenvalue weighted by molar-refractivity contribution is 0.0685. The van der Waals surface area contributed by atoms with Crippen LogP contribution in [0.5, 0.6) is 5.75 Å². The third kappa shape index (κ3) is 4.42. The maximum absolute atomic E-state index is 12.2. The van der Waals surface area contributed by atoms with Crippen LogP contribution in [-0.4, -0.2) is 51.5 Å². The van der Waals surface area contributed by atoms with Crippen molar-refractivity contribution < 1.29 is 19.0 Å². The van der Waals surface area contributed by atoms with Gasteiger partial charge < -0.3 is 25.3 Å². The number of carbonyl (C=O) groups excluding carboxylic acids is 1. The van der Waals surface area contributed by atoms with E-state index in [1.54, 1.807) is 31.4 Å². The number of ether oxygens (including phenoxy) is 3. The molecule has 0 unspecified atom stereocenters. The molecule has 0 aliphatic carbocycles. The highest BCUT2D eigenvalue weighted by atomic mass is 16.5. The first-order valence-electron chi connectivity index (χ1n) is 7.09. The molecule has 1 aromatic carbocycles. The second-order valence-corrected chi connectivity index (χ2v) is 4.91. The van der Waals surface area contributed by atoms with E-state index in [0.29, 0.717) is 31.9 Å². The summed E-state index contributed by atoms with van der Waals surface area (Å²) in [6.45, 7) is 2.17. The molecule has 1 aliphatic rings. The zero-order valence-electron chi connectivity index (χ0n) is 12.2. The number of carbonyl (C=O) groups is 1. The molecule has 0 radical (unpaired) electrons. The predicted molar refractivity (Wildman–Crippen MR) is 78.5 cm³/mol. The van der Waals surface area contributed by atoms with Crippen molar-refractivity contribution in [2.75, 3.05) is 33.5 Å². The number of nitrogens with two attached hydrogens (primary N) is 1. The van der Waals surface area contributed by atoms with E-state index in [1.807, 2.05) is 0 Å². The number of hydrogen-bond donors (Lipinski definition) is 2. The third-order valence-corrected chi connectivity index (χ3v) is 3.38. The summed E-state index contributed by atoms with van der Waals surface area (Å²) >= 11 is 0. The van der Waals surface area contributed by atoms with E-state index in [9.17, 15) is 4.79 Å². The molecule has 1 saturated heterocycles. The minimum Gasteiger partial charge on any atom is -0.494 e. The summed E-state index contributed by atoms with van der Waals surface area (Å²) in [6, 6.07) is 6.94. The van der Waals surface area contributed by atoms with Gasteiger partial charge in [-0.2, -0.15) is 0 Å². The third-order valence-electron chi connectivity index (χ3n) is 3.38. The molecule has 0 saturated carbocycles. The quantitative estimate of drug-likeness (QED) is 0.718. The van der Waals surface area contributed by atoms with Crippen LogP contribution in [0.25, 0.3) is 0 Å². The fraction of sp³-hybridized carbons (Fsp3) is 0.533. The second kappa shape index (κ2) is 7.97. The standard InChI is InChI=1S/C15H22N2O4/c1-19-14-10-20-9-13(14)17-15(18)11-3-5-12(6-4-11)21-8-2-7-16/h3-6,13-14H,2,7-10,16H2,1H3,(H,17,18)/t13-,14-/m1/s1. The van der Waals surface area contributed by atoms with Crippen molar-refractivity contribution in [2.24, 2.45) is 5.73 Å². The van der Waals surface area contributed by atoms with E-state index in [1.165, 1.54) is 0 Å². The average Bonchev–Trinajstić information content (AvgIpc) is 2.95. The topological polar surface area (TPSA) is 82.8 Å². The molecule has 116 valence electrons. The van der Waals surface area contributed by atoms with Gasteiger partial charge in [0.15, 0.2) is 0 Å². The van der Waals surface area contributed by atoms with E-state index in [2.05, 4.69) is 5.32 Å². The van der Waals surface area contributed by atoms with Crippen LogP contribution in [0.1, 0.15) is 16.8 Å². The average molecular weight is 294 g/mol. The molecule has 0 aromatic heterocycles. The minimum absolute atomic E-state index is 0.0900. The van der Waals surface area contributed by atoms with Gasteiger partial charge in [0.05, 0.1) is 25.9 Å². The molecule has 6 heteroatoms. The monoisotopic (exact) mass is 294 g/mol. The first-order chi connectivity index (χ1) is 10.2. The highest BCUT2D eigenvalue weighted by molar-refractivity contribution is 5.94. The number of amides is 1. The zero-order chi connectivity index (χ0) is 15.1. The molecule has 1 aromatic rings.